The quantitative estimate of drug-likeness (QED) is 0.697. The summed E-state index contributed by atoms with van der Waals surface area (Å²) in [5.74, 6) is 0.634. The zero-order valence-electron chi connectivity index (χ0n) is 14.0. The molecule has 21 heavy (non-hydrogen) atoms. The third-order valence-corrected chi connectivity index (χ3v) is 3.03. The van der Waals surface area contributed by atoms with Gasteiger partial charge in [-0.25, -0.2) is 9.59 Å². The monoisotopic (exact) mass is 319 g/mol. The van der Waals surface area contributed by atoms with Gasteiger partial charge in [0.1, 0.15) is 6.04 Å². The maximum atomic E-state index is 12.0. The highest BCUT2D eigenvalue weighted by molar-refractivity contribution is 7.98. The van der Waals surface area contributed by atoms with Crippen molar-refractivity contribution in [1.82, 2.24) is 5.32 Å². The molecule has 1 unspecified atom stereocenters. The van der Waals surface area contributed by atoms with Gasteiger partial charge in [0.05, 0.1) is 13.2 Å². The fraction of sp³-hybridized carbons (Fsp3) is 0.867. The van der Waals surface area contributed by atoms with Crippen LogP contribution in [0.2, 0.25) is 0 Å². The third-order valence-electron chi connectivity index (χ3n) is 2.38. The van der Waals surface area contributed by atoms with E-state index in [0.29, 0.717) is 19.6 Å². The van der Waals surface area contributed by atoms with Crippen molar-refractivity contribution in [3.05, 3.63) is 0 Å². The van der Waals surface area contributed by atoms with Gasteiger partial charge >= 0.3 is 12.1 Å². The third kappa shape index (κ3) is 11.4. The molecule has 0 spiro atoms. The molecule has 124 valence electrons. The molecule has 0 aromatic rings. The first-order valence-electron chi connectivity index (χ1n) is 7.24. The summed E-state index contributed by atoms with van der Waals surface area (Å²) in [5.41, 5.74) is -0.107. The smallest absolute Gasteiger partial charge is 0.407 e. The lowest BCUT2D eigenvalue weighted by Gasteiger charge is -2.21. The van der Waals surface area contributed by atoms with Crippen LogP contribution in [0.1, 0.15) is 41.0 Å². The number of carbonyl (C=O) groups is 2. The molecule has 0 aliphatic heterocycles. The summed E-state index contributed by atoms with van der Waals surface area (Å²) in [4.78, 5) is 23.7. The van der Waals surface area contributed by atoms with E-state index < -0.39 is 18.1 Å². The molecule has 0 aromatic carbocycles. The Morgan fingerprint density at radius 3 is 2.29 bits per heavy atom. The van der Waals surface area contributed by atoms with Crippen LogP contribution in [0.4, 0.5) is 4.79 Å². The summed E-state index contributed by atoms with van der Waals surface area (Å²) in [6.45, 7) is 10.5. The van der Waals surface area contributed by atoms with Gasteiger partial charge in [-0.15, -0.1) is 0 Å². The van der Waals surface area contributed by atoms with E-state index in [1.165, 1.54) is 0 Å². The minimum atomic E-state index is -0.649. The van der Waals surface area contributed by atoms with Crippen molar-refractivity contribution in [3.63, 3.8) is 0 Å². The minimum Gasteiger partial charge on any atom is -0.464 e. The first-order chi connectivity index (χ1) is 9.65. The van der Waals surface area contributed by atoms with Gasteiger partial charge in [0.25, 0.3) is 0 Å². The second-order valence-corrected chi connectivity index (χ2v) is 7.62. The SMILES string of the molecule is CSCCC(NC(=O)OCC(C)(C)C)C(=O)OCC(C)C. The van der Waals surface area contributed by atoms with Gasteiger partial charge in [-0.05, 0) is 29.8 Å². The fourth-order valence-corrected chi connectivity index (χ4v) is 1.77. The van der Waals surface area contributed by atoms with Crippen LogP contribution < -0.4 is 5.32 Å². The summed E-state index contributed by atoms with van der Waals surface area (Å²) < 4.78 is 10.3. The molecule has 0 aromatic heterocycles. The molecule has 1 amide bonds. The van der Waals surface area contributed by atoms with Crippen molar-refractivity contribution in [2.45, 2.75) is 47.1 Å². The molecule has 0 aliphatic rings. The molecular weight excluding hydrogens is 290 g/mol. The van der Waals surface area contributed by atoms with Gasteiger partial charge in [0.2, 0.25) is 0 Å². The summed E-state index contributed by atoms with van der Waals surface area (Å²) in [6, 6.07) is -0.649. The van der Waals surface area contributed by atoms with Crippen LogP contribution in [0, 0.1) is 11.3 Å². The summed E-state index contributed by atoms with van der Waals surface area (Å²) >= 11 is 1.62. The van der Waals surface area contributed by atoms with E-state index in [2.05, 4.69) is 5.32 Å². The molecule has 0 saturated carbocycles. The van der Waals surface area contributed by atoms with Gasteiger partial charge < -0.3 is 14.8 Å². The highest BCUT2D eigenvalue weighted by atomic mass is 32.2. The average molecular weight is 319 g/mol. The van der Waals surface area contributed by atoms with Crippen LogP contribution in [0.3, 0.4) is 0 Å². The van der Waals surface area contributed by atoms with Crippen LogP contribution in [-0.4, -0.2) is 43.3 Å². The van der Waals surface area contributed by atoms with Crippen LogP contribution in [0.25, 0.3) is 0 Å². The van der Waals surface area contributed by atoms with Crippen molar-refractivity contribution in [3.8, 4) is 0 Å². The Hall–Kier alpha value is -0.910. The van der Waals surface area contributed by atoms with E-state index in [1.54, 1.807) is 11.8 Å². The van der Waals surface area contributed by atoms with Crippen molar-refractivity contribution < 1.29 is 19.1 Å². The van der Waals surface area contributed by atoms with Crippen LogP contribution in [-0.2, 0) is 14.3 Å². The van der Waals surface area contributed by atoms with Gasteiger partial charge in [-0.3, -0.25) is 0 Å². The number of alkyl carbamates (subject to hydrolysis) is 1. The first-order valence-corrected chi connectivity index (χ1v) is 8.64. The molecule has 6 heteroatoms. The molecule has 0 saturated heterocycles. The van der Waals surface area contributed by atoms with Crippen molar-refractivity contribution in [1.29, 1.82) is 0 Å². The molecule has 0 bridgehead atoms. The molecule has 0 fully saturated rings. The Kier molecular flexibility index (Phi) is 9.49. The molecule has 0 rings (SSSR count). The van der Waals surface area contributed by atoms with E-state index in [1.807, 2.05) is 40.9 Å². The zero-order valence-corrected chi connectivity index (χ0v) is 14.8. The molecular formula is C15H29NO4S. The topological polar surface area (TPSA) is 64.6 Å². The van der Waals surface area contributed by atoms with Crippen LogP contribution >= 0.6 is 11.8 Å². The van der Waals surface area contributed by atoms with E-state index in [0.717, 1.165) is 5.75 Å². The van der Waals surface area contributed by atoms with Gasteiger partial charge in [0, 0.05) is 0 Å². The van der Waals surface area contributed by atoms with E-state index in [-0.39, 0.29) is 11.3 Å². The van der Waals surface area contributed by atoms with Crippen molar-refractivity contribution in [2.24, 2.45) is 11.3 Å². The minimum absolute atomic E-state index is 0.107. The van der Waals surface area contributed by atoms with Gasteiger partial charge in [-0.2, -0.15) is 11.8 Å². The summed E-state index contributed by atoms with van der Waals surface area (Å²) in [7, 11) is 0. The number of nitrogens with one attached hydrogen (secondary N) is 1. The predicted octanol–water partition coefficient (Wildman–Crippen LogP) is 3.08. The van der Waals surface area contributed by atoms with Gasteiger partial charge in [0.15, 0.2) is 0 Å². The number of rotatable bonds is 8. The number of ether oxygens (including phenoxy) is 2. The number of thioether (sulfide) groups is 1. The maximum absolute atomic E-state index is 12.0. The Morgan fingerprint density at radius 1 is 1.19 bits per heavy atom. The molecule has 0 radical (unpaired) electrons. The molecule has 1 N–H and O–H groups in total. The van der Waals surface area contributed by atoms with E-state index in [4.69, 9.17) is 9.47 Å². The number of esters is 1. The molecule has 0 aliphatic carbocycles. The lowest BCUT2D eigenvalue weighted by Crippen LogP contribution is -2.43. The average Bonchev–Trinajstić information content (AvgIpc) is 2.37. The highest BCUT2D eigenvalue weighted by Gasteiger charge is 2.23. The molecule has 5 nitrogen and oxygen atoms in total. The summed E-state index contributed by atoms with van der Waals surface area (Å²) in [6.07, 6.45) is 1.91. The van der Waals surface area contributed by atoms with Gasteiger partial charge in [-0.1, -0.05) is 34.6 Å². The van der Waals surface area contributed by atoms with Crippen molar-refractivity contribution in [2.75, 3.05) is 25.2 Å². The maximum Gasteiger partial charge on any atom is 0.407 e. The van der Waals surface area contributed by atoms with Crippen LogP contribution in [0.15, 0.2) is 0 Å². The second kappa shape index (κ2) is 9.92. The first kappa shape index (κ1) is 20.1. The highest BCUT2D eigenvalue weighted by Crippen LogP contribution is 2.13. The lowest BCUT2D eigenvalue weighted by molar-refractivity contribution is -0.147. The molecule has 1 atom stereocenters. The zero-order chi connectivity index (χ0) is 16.5. The number of hydrogen-bond acceptors (Lipinski definition) is 5. The number of hydrogen-bond donors (Lipinski definition) is 1. The summed E-state index contributed by atoms with van der Waals surface area (Å²) in [5, 5.41) is 2.60. The largest absolute Gasteiger partial charge is 0.464 e. The normalized spacial score (nSPS) is 12.9. The Morgan fingerprint density at radius 2 is 1.81 bits per heavy atom. The molecule has 0 heterocycles. The Bertz CT molecular complexity index is 326. The second-order valence-electron chi connectivity index (χ2n) is 6.64. The van der Waals surface area contributed by atoms with Crippen LogP contribution in [0.5, 0.6) is 0 Å². The van der Waals surface area contributed by atoms with E-state index >= 15 is 0 Å². The standard InChI is InChI=1S/C15H29NO4S/c1-11(2)9-19-13(17)12(7-8-21-6)16-14(18)20-10-15(3,4)5/h11-12H,7-10H2,1-6H3,(H,16,18). The lowest BCUT2D eigenvalue weighted by atomic mass is 9.99. The Labute approximate surface area is 132 Å². The fourth-order valence-electron chi connectivity index (χ4n) is 1.30. The van der Waals surface area contributed by atoms with Crippen molar-refractivity contribution >= 4 is 23.8 Å². The van der Waals surface area contributed by atoms with E-state index in [9.17, 15) is 9.59 Å². The number of amides is 1. The predicted molar refractivity (Wildman–Crippen MR) is 86.5 cm³/mol. The number of carbonyl (C=O) groups excluding carboxylic acids is 2. The Balaban J connectivity index is 4.39.